The third kappa shape index (κ3) is 5.47. The molecule has 1 fully saturated rings. The van der Waals surface area contributed by atoms with Crippen LogP contribution in [0.2, 0.25) is 5.02 Å². The van der Waals surface area contributed by atoms with Crippen molar-refractivity contribution in [3.63, 3.8) is 0 Å². The van der Waals surface area contributed by atoms with E-state index in [4.69, 9.17) is 11.6 Å². The number of anilines is 1. The molecule has 5 nitrogen and oxygen atoms in total. The minimum atomic E-state index is -0.318. The number of halogens is 1. The highest BCUT2D eigenvalue weighted by Gasteiger charge is 2.17. The third-order valence-corrected chi connectivity index (χ3v) is 5.05. The van der Waals surface area contributed by atoms with Crippen LogP contribution in [-0.2, 0) is 6.54 Å². The molecule has 2 aromatic rings. The summed E-state index contributed by atoms with van der Waals surface area (Å²) >= 11 is 6.08. The van der Waals surface area contributed by atoms with E-state index in [9.17, 15) is 9.59 Å². The SMILES string of the molecule is O=C(NCc1ccccc1Cl)Nc1ccc(C(=O)N2CCCCCC2)cc1. The van der Waals surface area contributed by atoms with Gasteiger partial charge in [0.25, 0.3) is 5.91 Å². The molecule has 1 heterocycles. The lowest BCUT2D eigenvalue weighted by Crippen LogP contribution is -2.31. The van der Waals surface area contributed by atoms with Gasteiger partial charge in [-0.25, -0.2) is 4.79 Å². The quantitative estimate of drug-likeness (QED) is 0.802. The fourth-order valence-electron chi connectivity index (χ4n) is 3.15. The Bertz CT molecular complexity index is 784. The first-order valence-corrected chi connectivity index (χ1v) is 9.69. The number of nitrogens with zero attached hydrogens (tertiary/aromatic N) is 1. The van der Waals surface area contributed by atoms with Crippen LogP contribution < -0.4 is 10.6 Å². The monoisotopic (exact) mass is 385 g/mol. The number of nitrogens with one attached hydrogen (secondary N) is 2. The van der Waals surface area contributed by atoms with Crippen LogP contribution in [0.25, 0.3) is 0 Å². The van der Waals surface area contributed by atoms with Gasteiger partial charge in [-0.15, -0.1) is 0 Å². The van der Waals surface area contributed by atoms with E-state index in [0.29, 0.717) is 22.8 Å². The molecule has 3 rings (SSSR count). The Morgan fingerprint density at radius 3 is 2.26 bits per heavy atom. The number of benzene rings is 2. The summed E-state index contributed by atoms with van der Waals surface area (Å²) in [6.45, 7) is 1.99. The van der Waals surface area contributed by atoms with Crippen LogP contribution in [0.15, 0.2) is 48.5 Å². The first kappa shape index (κ1) is 19.2. The van der Waals surface area contributed by atoms with Gasteiger partial charge in [-0.3, -0.25) is 4.79 Å². The minimum absolute atomic E-state index is 0.0617. The van der Waals surface area contributed by atoms with Crippen LogP contribution in [0.1, 0.15) is 41.6 Å². The maximum atomic E-state index is 12.6. The minimum Gasteiger partial charge on any atom is -0.339 e. The average Bonchev–Trinajstić information content (AvgIpc) is 2.97. The second-order valence-corrected chi connectivity index (χ2v) is 7.09. The number of carbonyl (C=O) groups excluding carboxylic acids is 2. The molecule has 0 spiro atoms. The molecule has 3 amide bonds. The first-order chi connectivity index (χ1) is 13.1. The van der Waals surface area contributed by atoms with Gasteiger partial charge in [0.15, 0.2) is 0 Å². The van der Waals surface area contributed by atoms with Crippen LogP contribution in [0, 0.1) is 0 Å². The fourth-order valence-corrected chi connectivity index (χ4v) is 3.35. The Balaban J connectivity index is 1.53. The number of hydrogen-bond donors (Lipinski definition) is 2. The van der Waals surface area contributed by atoms with E-state index in [1.54, 1.807) is 30.3 Å². The number of carbonyl (C=O) groups is 2. The summed E-state index contributed by atoms with van der Waals surface area (Å²) in [5, 5.41) is 6.16. The molecule has 6 heteroatoms. The number of amides is 3. The molecule has 0 atom stereocenters. The number of urea groups is 1. The molecular formula is C21H24ClN3O2. The van der Waals surface area contributed by atoms with Gasteiger partial charge < -0.3 is 15.5 Å². The second-order valence-electron chi connectivity index (χ2n) is 6.68. The molecule has 27 heavy (non-hydrogen) atoms. The van der Waals surface area contributed by atoms with Gasteiger partial charge in [0.2, 0.25) is 0 Å². The number of likely N-dealkylation sites (tertiary alicyclic amines) is 1. The molecule has 0 aliphatic carbocycles. The van der Waals surface area contributed by atoms with Gasteiger partial charge >= 0.3 is 6.03 Å². The van der Waals surface area contributed by atoms with Gasteiger partial charge in [-0.2, -0.15) is 0 Å². The van der Waals surface area contributed by atoms with Gasteiger partial charge in [0.05, 0.1) is 0 Å². The Hall–Kier alpha value is -2.53. The second kappa shape index (κ2) is 9.42. The van der Waals surface area contributed by atoms with Crippen LogP contribution >= 0.6 is 11.6 Å². The summed E-state index contributed by atoms with van der Waals surface area (Å²) in [7, 11) is 0. The normalized spacial score (nSPS) is 14.3. The first-order valence-electron chi connectivity index (χ1n) is 9.31. The molecule has 0 bridgehead atoms. The van der Waals surface area contributed by atoms with Crippen molar-refractivity contribution in [2.45, 2.75) is 32.2 Å². The fraction of sp³-hybridized carbons (Fsp3) is 0.333. The van der Waals surface area contributed by atoms with Crippen LogP contribution in [0.4, 0.5) is 10.5 Å². The molecule has 0 aromatic heterocycles. The van der Waals surface area contributed by atoms with Crippen LogP contribution in [0.3, 0.4) is 0 Å². The van der Waals surface area contributed by atoms with E-state index < -0.39 is 0 Å². The van der Waals surface area contributed by atoms with Crippen LogP contribution in [0.5, 0.6) is 0 Å². The zero-order valence-corrected chi connectivity index (χ0v) is 16.0. The highest BCUT2D eigenvalue weighted by molar-refractivity contribution is 6.31. The van der Waals surface area contributed by atoms with Gasteiger partial charge in [-0.1, -0.05) is 42.6 Å². The van der Waals surface area contributed by atoms with Crippen molar-refractivity contribution in [2.75, 3.05) is 18.4 Å². The van der Waals surface area contributed by atoms with E-state index in [1.807, 2.05) is 23.1 Å². The van der Waals surface area contributed by atoms with E-state index in [1.165, 1.54) is 12.8 Å². The molecule has 142 valence electrons. The smallest absolute Gasteiger partial charge is 0.319 e. The van der Waals surface area contributed by atoms with Gasteiger partial charge in [-0.05, 0) is 48.7 Å². The zero-order valence-electron chi connectivity index (χ0n) is 15.2. The van der Waals surface area contributed by atoms with E-state index >= 15 is 0 Å². The predicted octanol–water partition coefficient (Wildman–Crippen LogP) is 4.68. The summed E-state index contributed by atoms with van der Waals surface area (Å²) in [5.41, 5.74) is 2.14. The lowest BCUT2D eigenvalue weighted by Gasteiger charge is -2.20. The molecule has 0 radical (unpaired) electrons. The molecule has 0 unspecified atom stereocenters. The predicted molar refractivity (Wildman–Crippen MR) is 108 cm³/mol. The largest absolute Gasteiger partial charge is 0.339 e. The third-order valence-electron chi connectivity index (χ3n) is 4.68. The molecule has 0 saturated carbocycles. The lowest BCUT2D eigenvalue weighted by molar-refractivity contribution is 0.0761. The standard InChI is InChI=1S/C21H24ClN3O2/c22-19-8-4-3-7-17(19)15-23-21(27)24-18-11-9-16(10-12-18)20(26)25-13-5-1-2-6-14-25/h3-4,7-12H,1-2,5-6,13-15H2,(H2,23,24,27). The Kier molecular flexibility index (Phi) is 6.71. The summed E-state index contributed by atoms with van der Waals surface area (Å²) in [6, 6.07) is 14.1. The van der Waals surface area contributed by atoms with Gasteiger partial charge in [0, 0.05) is 35.9 Å². The van der Waals surface area contributed by atoms with Crippen molar-refractivity contribution in [2.24, 2.45) is 0 Å². The highest BCUT2D eigenvalue weighted by atomic mass is 35.5. The maximum absolute atomic E-state index is 12.6. The highest BCUT2D eigenvalue weighted by Crippen LogP contribution is 2.16. The van der Waals surface area contributed by atoms with Gasteiger partial charge in [0.1, 0.15) is 0 Å². The summed E-state index contributed by atoms with van der Waals surface area (Å²) in [5.74, 6) is 0.0617. The summed E-state index contributed by atoms with van der Waals surface area (Å²) < 4.78 is 0. The topological polar surface area (TPSA) is 61.4 Å². The zero-order chi connectivity index (χ0) is 19.1. The number of hydrogen-bond acceptors (Lipinski definition) is 2. The van der Waals surface area contributed by atoms with Crippen molar-refractivity contribution in [3.8, 4) is 0 Å². The Morgan fingerprint density at radius 2 is 1.59 bits per heavy atom. The Labute approximate surface area is 164 Å². The molecule has 1 aliphatic heterocycles. The van der Waals surface area contributed by atoms with Crippen LogP contribution in [-0.4, -0.2) is 29.9 Å². The maximum Gasteiger partial charge on any atom is 0.319 e. The van der Waals surface area contributed by atoms with Crippen molar-refractivity contribution >= 4 is 29.2 Å². The summed E-state index contributed by atoms with van der Waals surface area (Å²) in [6.07, 6.45) is 4.51. The average molecular weight is 386 g/mol. The molecule has 2 aromatic carbocycles. The van der Waals surface area contributed by atoms with E-state index in [0.717, 1.165) is 31.5 Å². The molecule has 1 saturated heterocycles. The van der Waals surface area contributed by atoms with Crippen molar-refractivity contribution < 1.29 is 9.59 Å². The molecule has 1 aliphatic rings. The lowest BCUT2D eigenvalue weighted by atomic mass is 10.1. The molecule has 2 N–H and O–H groups in total. The number of rotatable bonds is 4. The Morgan fingerprint density at radius 1 is 0.926 bits per heavy atom. The van der Waals surface area contributed by atoms with Crippen molar-refractivity contribution in [1.29, 1.82) is 0 Å². The van der Waals surface area contributed by atoms with Crippen molar-refractivity contribution in [1.82, 2.24) is 10.2 Å². The summed E-state index contributed by atoms with van der Waals surface area (Å²) in [4.78, 5) is 26.6. The van der Waals surface area contributed by atoms with E-state index in [2.05, 4.69) is 10.6 Å². The molecular weight excluding hydrogens is 362 g/mol. The van der Waals surface area contributed by atoms with E-state index in [-0.39, 0.29) is 11.9 Å². The van der Waals surface area contributed by atoms with Crippen molar-refractivity contribution in [3.05, 3.63) is 64.7 Å².